The van der Waals surface area contributed by atoms with Crippen molar-refractivity contribution in [1.29, 1.82) is 0 Å². The largest absolute Gasteiger partial charge is 0.342 e. The first-order valence-corrected chi connectivity index (χ1v) is 6.66. The second kappa shape index (κ2) is 4.64. The molecule has 1 aliphatic carbocycles. The van der Waals surface area contributed by atoms with Gasteiger partial charge in [-0.05, 0) is 43.4 Å². The van der Waals surface area contributed by atoms with E-state index in [2.05, 4.69) is 10.3 Å². The van der Waals surface area contributed by atoms with Gasteiger partial charge in [0, 0.05) is 18.9 Å². The third-order valence-corrected chi connectivity index (χ3v) is 3.89. The summed E-state index contributed by atoms with van der Waals surface area (Å²) in [5.41, 5.74) is 0.999. The summed E-state index contributed by atoms with van der Waals surface area (Å²) < 4.78 is 0. The zero-order chi connectivity index (χ0) is 13.4. The fraction of sp³-hybridized carbons (Fsp3) is 0.500. The summed E-state index contributed by atoms with van der Waals surface area (Å²) in [5.74, 6) is 0.334. The Bertz CT molecular complexity index is 499. The maximum absolute atomic E-state index is 12.5. The number of nitrogens with zero attached hydrogens (tertiary/aromatic N) is 2. The molecular weight excluding hydrogens is 242 g/mol. The van der Waals surface area contributed by atoms with E-state index in [1.165, 1.54) is 0 Å². The van der Waals surface area contributed by atoms with E-state index in [0.717, 1.165) is 18.4 Å². The van der Waals surface area contributed by atoms with Crippen LogP contribution in [-0.2, 0) is 16.1 Å². The van der Waals surface area contributed by atoms with Crippen molar-refractivity contribution in [1.82, 2.24) is 15.2 Å². The maximum Gasteiger partial charge on any atom is 0.246 e. The van der Waals surface area contributed by atoms with Gasteiger partial charge in [0.2, 0.25) is 11.8 Å². The van der Waals surface area contributed by atoms with Crippen LogP contribution in [0.4, 0.5) is 0 Å². The Balaban J connectivity index is 1.80. The Hall–Kier alpha value is -1.91. The molecule has 1 aromatic heterocycles. The lowest BCUT2D eigenvalue weighted by molar-refractivity contribution is -0.149. The zero-order valence-electron chi connectivity index (χ0n) is 10.9. The Kier molecular flexibility index (Phi) is 2.97. The quantitative estimate of drug-likeness (QED) is 0.869. The minimum Gasteiger partial charge on any atom is -0.342 e. The van der Waals surface area contributed by atoms with Crippen LogP contribution in [0, 0.1) is 5.92 Å². The second-order valence-corrected chi connectivity index (χ2v) is 5.32. The van der Waals surface area contributed by atoms with Gasteiger partial charge in [0.1, 0.15) is 12.1 Å². The number of carbonyl (C=O) groups is 2. The highest BCUT2D eigenvalue weighted by atomic mass is 16.2. The molecule has 1 saturated carbocycles. The van der Waals surface area contributed by atoms with Crippen molar-refractivity contribution in [2.24, 2.45) is 5.92 Å². The summed E-state index contributed by atoms with van der Waals surface area (Å²) in [6.07, 6.45) is 5.47. The number of hydrogen-bond acceptors (Lipinski definition) is 3. The van der Waals surface area contributed by atoms with Crippen molar-refractivity contribution in [2.45, 2.75) is 38.4 Å². The molecular formula is C14H17N3O2. The molecule has 2 amide bonds. The van der Waals surface area contributed by atoms with Crippen molar-refractivity contribution in [3.8, 4) is 0 Å². The van der Waals surface area contributed by atoms with Gasteiger partial charge < -0.3 is 10.2 Å². The lowest BCUT2D eigenvalue weighted by Crippen LogP contribution is -2.62. The second-order valence-electron chi connectivity index (χ2n) is 5.32. The van der Waals surface area contributed by atoms with E-state index in [0.29, 0.717) is 12.5 Å². The average Bonchev–Trinajstić information content (AvgIpc) is 3.24. The summed E-state index contributed by atoms with van der Waals surface area (Å²) in [5, 5.41) is 2.85. The molecule has 3 rings (SSSR count). The number of nitrogens with one attached hydrogen (secondary N) is 1. The molecule has 2 fully saturated rings. The first kappa shape index (κ1) is 12.1. The van der Waals surface area contributed by atoms with Crippen molar-refractivity contribution >= 4 is 11.8 Å². The van der Waals surface area contributed by atoms with E-state index in [9.17, 15) is 9.59 Å². The van der Waals surface area contributed by atoms with Gasteiger partial charge in [0.15, 0.2) is 0 Å². The monoisotopic (exact) mass is 259 g/mol. The van der Waals surface area contributed by atoms with Gasteiger partial charge in [-0.25, -0.2) is 0 Å². The van der Waals surface area contributed by atoms with Crippen LogP contribution in [0.25, 0.3) is 0 Å². The highest BCUT2D eigenvalue weighted by Crippen LogP contribution is 2.35. The van der Waals surface area contributed by atoms with E-state index in [1.54, 1.807) is 24.2 Å². The third-order valence-electron chi connectivity index (χ3n) is 3.89. The predicted molar refractivity (Wildman–Crippen MR) is 68.9 cm³/mol. The van der Waals surface area contributed by atoms with Crippen LogP contribution in [0.1, 0.15) is 25.3 Å². The molecule has 0 radical (unpaired) electrons. The number of aromatic nitrogens is 1. The van der Waals surface area contributed by atoms with Crippen molar-refractivity contribution in [3.63, 3.8) is 0 Å². The zero-order valence-corrected chi connectivity index (χ0v) is 10.9. The average molecular weight is 259 g/mol. The topological polar surface area (TPSA) is 62.3 Å². The van der Waals surface area contributed by atoms with Crippen LogP contribution < -0.4 is 5.32 Å². The van der Waals surface area contributed by atoms with Crippen LogP contribution in [0.3, 0.4) is 0 Å². The Morgan fingerprint density at radius 1 is 1.32 bits per heavy atom. The molecule has 0 spiro atoms. The first-order valence-electron chi connectivity index (χ1n) is 6.66. The molecule has 100 valence electrons. The smallest absolute Gasteiger partial charge is 0.246 e. The van der Waals surface area contributed by atoms with E-state index < -0.39 is 6.04 Å². The van der Waals surface area contributed by atoms with Crippen LogP contribution in [-0.4, -0.2) is 33.8 Å². The minimum atomic E-state index is -0.407. The van der Waals surface area contributed by atoms with E-state index in [4.69, 9.17) is 0 Å². The molecule has 1 aromatic rings. The van der Waals surface area contributed by atoms with Crippen LogP contribution in [0.5, 0.6) is 0 Å². The van der Waals surface area contributed by atoms with Gasteiger partial charge in [-0.15, -0.1) is 0 Å². The van der Waals surface area contributed by atoms with Gasteiger partial charge in [0.05, 0.1) is 0 Å². The summed E-state index contributed by atoms with van der Waals surface area (Å²) in [4.78, 5) is 30.1. The molecule has 1 saturated heterocycles. The van der Waals surface area contributed by atoms with Gasteiger partial charge in [-0.1, -0.05) is 0 Å². The van der Waals surface area contributed by atoms with Crippen LogP contribution in [0.2, 0.25) is 0 Å². The molecule has 2 heterocycles. The molecule has 5 nitrogen and oxygen atoms in total. The van der Waals surface area contributed by atoms with Crippen molar-refractivity contribution < 1.29 is 9.59 Å². The number of piperazine rings is 1. The predicted octanol–water partition coefficient (Wildman–Crippen LogP) is 0.707. The minimum absolute atomic E-state index is 0.0476. The molecule has 1 N–H and O–H groups in total. The van der Waals surface area contributed by atoms with Crippen LogP contribution >= 0.6 is 0 Å². The summed E-state index contributed by atoms with van der Waals surface area (Å²) in [6.45, 7) is 2.25. The van der Waals surface area contributed by atoms with E-state index in [1.807, 2.05) is 12.1 Å². The van der Waals surface area contributed by atoms with E-state index >= 15 is 0 Å². The normalized spacial score (nSPS) is 27.3. The summed E-state index contributed by atoms with van der Waals surface area (Å²) in [7, 11) is 0. The van der Waals surface area contributed by atoms with Gasteiger partial charge in [-0.2, -0.15) is 0 Å². The molecule has 2 atom stereocenters. The lowest BCUT2D eigenvalue weighted by Gasteiger charge is -2.37. The molecule has 0 bridgehead atoms. The van der Waals surface area contributed by atoms with Crippen LogP contribution in [0.15, 0.2) is 24.5 Å². The van der Waals surface area contributed by atoms with Gasteiger partial charge in [-0.3, -0.25) is 14.6 Å². The van der Waals surface area contributed by atoms with Gasteiger partial charge >= 0.3 is 0 Å². The Morgan fingerprint density at radius 3 is 2.63 bits per heavy atom. The molecule has 2 unspecified atom stereocenters. The summed E-state index contributed by atoms with van der Waals surface area (Å²) in [6, 6.07) is 3.03. The molecule has 1 aliphatic heterocycles. The molecule has 0 aromatic carbocycles. The number of pyridine rings is 1. The number of hydrogen-bond donors (Lipinski definition) is 1. The fourth-order valence-corrected chi connectivity index (χ4v) is 2.50. The SMILES string of the molecule is CC1C(=O)NC(C2CC2)C(=O)N1Cc1ccncc1. The standard InChI is InChI=1S/C14H17N3O2/c1-9-13(18)16-12(11-2-3-11)14(19)17(9)8-10-4-6-15-7-5-10/h4-7,9,11-12H,2-3,8H2,1H3,(H,16,18). The Morgan fingerprint density at radius 2 is 2.00 bits per heavy atom. The molecule has 19 heavy (non-hydrogen) atoms. The van der Waals surface area contributed by atoms with Crippen molar-refractivity contribution in [2.75, 3.05) is 0 Å². The number of rotatable bonds is 3. The summed E-state index contributed by atoms with van der Waals surface area (Å²) >= 11 is 0. The third kappa shape index (κ3) is 2.32. The highest BCUT2D eigenvalue weighted by Gasteiger charge is 2.45. The molecule has 2 aliphatic rings. The number of carbonyl (C=O) groups excluding carboxylic acids is 2. The first-order chi connectivity index (χ1) is 9.16. The fourth-order valence-electron chi connectivity index (χ4n) is 2.50. The van der Waals surface area contributed by atoms with E-state index in [-0.39, 0.29) is 17.9 Å². The number of amides is 2. The van der Waals surface area contributed by atoms with Gasteiger partial charge in [0.25, 0.3) is 0 Å². The lowest BCUT2D eigenvalue weighted by atomic mass is 10.0. The Labute approximate surface area is 112 Å². The molecule has 5 heteroatoms. The maximum atomic E-state index is 12.5. The van der Waals surface area contributed by atoms with Crippen molar-refractivity contribution in [3.05, 3.63) is 30.1 Å². The highest BCUT2D eigenvalue weighted by molar-refractivity contribution is 5.97.